The monoisotopic (exact) mass is 776 g/mol. The summed E-state index contributed by atoms with van der Waals surface area (Å²) in [6.45, 7) is 6.78. The molecule has 4 aromatic heterocycles. The topological polar surface area (TPSA) is 143 Å². The first kappa shape index (κ1) is 38.8. The van der Waals surface area contributed by atoms with Crippen LogP contribution in [-0.2, 0) is 56.4 Å². The van der Waals surface area contributed by atoms with Gasteiger partial charge in [0.05, 0.1) is 63.4 Å². The quantitative estimate of drug-likeness (QED) is 0.145. The van der Waals surface area contributed by atoms with Crippen molar-refractivity contribution in [3.8, 4) is 22.8 Å². The van der Waals surface area contributed by atoms with Gasteiger partial charge in [-0.05, 0) is 61.7 Å². The average molecular weight is 777 g/mol. The largest absolute Gasteiger partial charge is 0.460 e. The number of hydrogen-bond donors (Lipinski definition) is 1. The molecule has 0 radical (unpaired) electrons. The van der Waals surface area contributed by atoms with Crippen LogP contribution in [0, 0.1) is 0 Å². The van der Waals surface area contributed by atoms with E-state index in [0.29, 0.717) is 48.5 Å². The number of pyridine rings is 4. The minimum Gasteiger partial charge on any atom is -0.460 e. The minimum absolute atomic E-state index is 0. The van der Waals surface area contributed by atoms with Crippen molar-refractivity contribution in [2.75, 3.05) is 6.64 Å². The number of hydrogen-bond acceptors (Lipinski definition) is 9. The van der Waals surface area contributed by atoms with Crippen molar-refractivity contribution in [1.29, 1.82) is 0 Å². The van der Waals surface area contributed by atoms with Gasteiger partial charge < -0.3 is 23.7 Å². The molecule has 10 rings (SSSR count). The minimum atomic E-state index is -1.79. The maximum atomic E-state index is 13.1. The fourth-order valence-electron chi connectivity index (χ4n) is 8.01. The molecule has 2 aromatic carbocycles. The Bertz CT molecular complexity index is 2540. The van der Waals surface area contributed by atoms with Crippen molar-refractivity contribution in [2.45, 2.75) is 85.8 Å². The van der Waals surface area contributed by atoms with Crippen LogP contribution in [0.3, 0.4) is 0 Å². The van der Waals surface area contributed by atoms with E-state index in [1.54, 1.807) is 22.1 Å². The van der Waals surface area contributed by atoms with Gasteiger partial charge in [0.15, 0.2) is 5.60 Å². The number of aromatic nitrogens is 4. The van der Waals surface area contributed by atoms with E-state index >= 15 is 0 Å². The SMILES string of the molecule is C.C.CC[C@@]1(C)C(=O)OCc2c1cc1n(c2=O)Cc2cc3ccccc3nc2-1.CC[C@@]1(O)C(=O)OCc2c1cc1n(c2=O)Cc2cc3ccccc3nc2-1.[3H]CP. The average Bonchev–Trinajstić information content (AvgIpc) is 3.74. The van der Waals surface area contributed by atoms with E-state index in [2.05, 4.69) is 15.3 Å². The number of carbonyl (C=O) groups is 2. The fraction of sp³-hybridized carbons (Fsp3) is 0.318. The lowest BCUT2D eigenvalue weighted by atomic mass is 9.76. The normalized spacial score (nSPS) is 19.3. The first-order valence-corrected chi connectivity index (χ1v) is 18.7. The van der Waals surface area contributed by atoms with Crippen molar-refractivity contribution in [3.05, 3.63) is 127 Å². The lowest BCUT2D eigenvalue weighted by molar-refractivity contribution is -0.172. The van der Waals surface area contributed by atoms with Gasteiger partial charge in [-0.25, -0.2) is 14.8 Å². The molecule has 0 saturated carbocycles. The highest BCUT2D eigenvalue weighted by Crippen LogP contribution is 2.41. The molecule has 56 heavy (non-hydrogen) atoms. The predicted molar refractivity (Wildman–Crippen MR) is 222 cm³/mol. The van der Waals surface area contributed by atoms with Crippen LogP contribution in [-0.4, -0.2) is 42.8 Å². The molecule has 0 saturated heterocycles. The van der Waals surface area contributed by atoms with Crippen molar-refractivity contribution in [1.82, 2.24) is 19.1 Å². The molecular weight excluding hydrogens is 727 g/mol. The first-order valence-electron chi connectivity index (χ1n) is 18.6. The third-order valence-corrected chi connectivity index (χ3v) is 11.3. The molecule has 0 spiro atoms. The Hall–Kier alpha value is -5.51. The Balaban J connectivity index is 0.000000175. The fourth-order valence-corrected chi connectivity index (χ4v) is 8.01. The molecule has 4 aliphatic rings. The number of fused-ring (bicyclic) bond motifs is 10. The molecule has 3 atom stereocenters. The molecule has 6 aromatic rings. The Labute approximate surface area is 329 Å². The van der Waals surface area contributed by atoms with Crippen LogP contribution < -0.4 is 11.1 Å². The second-order valence-corrected chi connectivity index (χ2v) is 14.1. The summed E-state index contributed by atoms with van der Waals surface area (Å²) in [6, 6.07) is 23.6. The summed E-state index contributed by atoms with van der Waals surface area (Å²) in [6.07, 6.45) is 0.722. The van der Waals surface area contributed by atoms with Crippen LogP contribution >= 0.6 is 9.24 Å². The van der Waals surface area contributed by atoms with Crippen LogP contribution in [0.2, 0.25) is 0 Å². The molecule has 290 valence electrons. The smallest absolute Gasteiger partial charge is 0.343 e. The summed E-state index contributed by atoms with van der Waals surface area (Å²) in [7, 11) is 2.25. The summed E-state index contributed by atoms with van der Waals surface area (Å²) in [4.78, 5) is 60.2. The van der Waals surface area contributed by atoms with E-state index < -0.39 is 17.0 Å². The van der Waals surface area contributed by atoms with E-state index in [0.717, 1.165) is 55.6 Å². The number of esters is 2. The first-order chi connectivity index (χ1) is 26.5. The number of nitrogens with zero attached hydrogens (tertiary/aromatic N) is 4. The van der Waals surface area contributed by atoms with E-state index in [4.69, 9.17) is 20.8 Å². The van der Waals surface area contributed by atoms with Crippen LogP contribution in [0.15, 0.2) is 82.4 Å². The van der Waals surface area contributed by atoms with Gasteiger partial charge in [-0.15, -0.1) is 9.24 Å². The molecule has 11 nitrogen and oxygen atoms in total. The van der Waals surface area contributed by atoms with Gasteiger partial charge in [0.2, 0.25) is 0 Å². The molecule has 0 amide bonds. The third-order valence-electron chi connectivity index (χ3n) is 11.3. The Morgan fingerprint density at radius 1 is 0.732 bits per heavy atom. The molecule has 0 fully saturated rings. The van der Waals surface area contributed by atoms with Crippen molar-refractivity contribution >= 4 is 43.0 Å². The number of ether oxygens (including phenoxy) is 2. The van der Waals surface area contributed by atoms with Crippen LogP contribution in [0.25, 0.3) is 44.6 Å². The second-order valence-electron chi connectivity index (χ2n) is 14.1. The van der Waals surface area contributed by atoms with Gasteiger partial charge in [0.1, 0.15) is 13.2 Å². The van der Waals surface area contributed by atoms with Crippen LogP contribution in [0.4, 0.5) is 0 Å². The summed E-state index contributed by atoms with van der Waals surface area (Å²) in [5.41, 5.74) is 5.90. The highest BCUT2D eigenvalue weighted by Gasteiger charge is 2.46. The van der Waals surface area contributed by atoms with Gasteiger partial charge >= 0.3 is 11.9 Å². The molecule has 1 unspecified atom stereocenters. The van der Waals surface area contributed by atoms with Gasteiger partial charge in [0.25, 0.3) is 11.1 Å². The maximum Gasteiger partial charge on any atom is 0.343 e. The molecule has 0 aliphatic carbocycles. The number of cyclic esters (lactones) is 2. The standard InChI is InChI=1S/C21H18N2O3.C20H16N2O4.CH5P.2CH4/c1-3-21(2)15-9-17-18-13(8-12-6-4-5-7-16(12)22-18)10-23(17)19(24)14(15)11-26-20(21)25;1-2-20(25)14-8-16-17-12(7-11-5-3-4-6-15(11)21-17)9-22(16)18(23)13(14)10-26-19(20)24;1-2;;/h4-9H,3,10-11H2,1-2H3;3-8,25H,2,9-10H2,1H3;2H2,1H3;2*1H4/t21-;20-;;;/m10.../s1/i;;1T;;. The van der Waals surface area contributed by atoms with Crippen LogP contribution in [0.5, 0.6) is 0 Å². The molecule has 12 heteroatoms. The lowest BCUT2D eigenvalue weighted by Crippen LogP contribution is -2.44. The second kappa shape index (κ2) is 14.9. The molecule has 1 N–H and O–H groups in total. The third kappa shape index (κ3) is 5.87. The summed E-state index contributed by atoms with van der Waals surface area (Å²) < 4.78 is 20.0. The van der Waals surface area contributed by atoms with E-state index in [1.165, 1.54) is 0 Å². The number of carbonyl (C=O) groups excluding carboxylic acids is 2. The van der Waals surface area contributed by atoms with Gasteiger partial charge in [-0.1, -0.05) is 71.7 Å². The van der Waals surface area contributed by atoms with Crippen LogP contribution in [0.1, 0.15) is 83.2 Å². The van der Waals surface area contributed by atoms with E-state index in [-0.39, 0.29) is 51.6 Å². The van der Waals surface area contributed by atoms with E-state index in [1.807, 2.05) is 74.5 Å². The number of aliphatic hydroxyl groups is 1. The highest BCUT2D eigenvalue weighted by atomic mass is 31.0. The van der Waals surface area contributed by atoms with Crippen molar-refractivity contribution in [3.63, 3.8) is 0 Å². The Kier molecular flexibility index (Phi) is 10.3. The zero-order valence-electron chi connectivity index (χ0n) is 31.1. The zero-order valence-corrected chi connectivity index (χ0v) is 31.3. The van der Waals surface area contributed by atoms with E-state index in [9.17, 15) is 24.3 Å². The molecular formula is C44H47N4O7P. The summed E-state index contributed by atoms with van der Waals surface area (Å²) in [5, 5.41) is 12.9. The van der Waals surface area contributed by atoms with Crippen molar-refractivity contribution < 1.29 is 25.5 Å². The Morgan fingerprint density at radius 2 is 1.18 bits per heavy atom. The lowest BCUT2D eigenvalue weighted by Gasteiger charge is -2.33. The number of benzene rings is 2. The molecule has 4 aliphatic heterocycles. The highest BCUT2D eigenvalue weighted by molar-refractivity contribution is 7.15. The maximum absolute atomic E-state index is 13.1. The molecule has 0 bridgehead atoms. The number of rotatable bonds is 2. The summed E-state index contributed by atoms with van der Waals surface area (Å²) >= 11 is 0. The Morgan fingerprint density at radius 3 is 1.66 bits per heavy atom. The zero-order chi connectivity index (χ0) is 38.8. The van der Waals surface area contributed by atoms with Crippen molar-refractivity contribution in [2.24, 2.45) is 0 Å². The van der Waals surface area contributed by atoms with Gasteiger partial charge in [0, 0.05) is 28.8 Å². The predicted octanol–water partition coefficient (Wildman–Crippen LogP) is 6.99. The summed E-state index contributed by atoms with van der Waals surface area (Å²) in [5.74, 6) is -0.969. The number of para-hydroxylation sites is 2. The van der Waals surface area contributed by atoms with Gasteiger partial charge in [-0.3, -0.25) is 14.4 Å². The van der Waals surface area contributed by atoms with Gasteiger partial charge in [-0.2, -0.15) is 0 Å². The molecule has 8 heterocycles.